The van der Waals surface area contributed by atoms with Gasteiger partial charge in [-0.3, -0.25) is 9.48 Å². The third kappa shape index (κ3) is 3.11. The zero-order valence-electron chi connectivity index (χ0n) is 16.6. The summed E-state index contributed by atoms with van der Waals surface area (Å²) in [5.41, 5.74) is 3.15. The van der Waals surface area contributed by atoms with E-state index in [9.17, 15) is 9.18 Å². The minimum Gasteiger partial charge on any atom is -0.376 e. The number of carbonyl (C=O) groups is 1. The summed E-state index contributed by atoms with van der Waals surface area (Å²) in [6.45, 7) is 2.67. The zero-order valence-corrected chi connectivity index (χ0v) is 16.6. The van der Waals surface area contributed by atoms with Crippen LogP contribution in [0.2, 0.25) is 0 Å². The Kier molecular flexibility index (Phi) is 4.47. The van der Waals surface area contributed by atoms with E-state index in [2.05, 4.69) is 25.4 Å². The van der Waals surface area contributed by atoms with Gasteiger partial charge in [-0.2, -0.15) is 5.10 Å². The van der Waals surface area contributed by atoms with E-state index in [1.54, 1.807) is 30.2 Å². The normalized spacial score (nSPS) is 17.6. The van der Waals surface area contributed by atoms with Gasteiger partial charge in [-0.25, -0.2) is 14.4 Å². The number of aromatic amines is 1. The van der Waals surface area contributed by atoms with Crippen molar-refractivity contribution >= 4 is 28.0 Å². The Bertz CT molecular complexity index is 1260. The fourth-order valence-corrected chi connectivity index (χ4v) is 3.97. The van der Waals surface area contributed by atoms with E-state index in [0.29, 0.717) is 33.6 Å². The smallest absolute Gasteiger partial charge is 0.255 e. The zero-order chi connectivity index (χ0) is 20.8. The van der Waals surface area contributed by atoms with Gasteiger partial charge < -0.3 is 15.0 Å². The predicted octanol–water partition coefficient (Wildman–Crippen LogP) is 2.95. The molecule has 1 saturated heterocycles. The first-order valence-electron chi connectivity index (χ1n) is 9.90. The molecule has 2 N–H and O–H groups in total. The van der Waals surface area contributed by atoms with Crippen LogP contribution in [-0.4, -0.2) is 49.4 Å². The molecule has 1 fully saturated rings. The van der Waals surface area contributed by atoms with E-state index in [0.717, 1.165) is 24.8 Å². The molecule has 0 radical (unpaired) electrons. The summed E-state index contributed by atoms with van der Waals surface area (Å²) in [6, 6.07) is 4.39. The number of benzene rings is 1. The monoisotopic (exact) mass is 408 g/mol. The number of halogens is 1. The van der Waals surface area contributed by atoms with Crippen LogP contribution >= 0.6 is 0 Å². The maximum atomic E-state index is 13.6. The number of rotatable bonds is 4. The van der Waals surface area contributed by atoms with Gasteiger partial charge in [-0.15, -0.1) is 0 Å². The highest BCUT2D eigenvalue weighted by Gasteiger charge is 2.25. The Morgan fingerprint density at radius 2 is 2.30 bits per heavy atom. The standard InChI is InChI=1S/C21H21FN6O2/c1-11(17-4-3-7-30-17)25-21(29)14-9-23-20-19(14)26-15(10-24-20)18-13-6-5-12(22)8-16(13)28(2)27-18/h5-6,8-11,17H,3-4,7H2,1-2H3,(H,23,24)(H,25,29). The molecule has 3 aromatic heterocycles. The molecule has 5 rings (SSSR count). The Morgan fingerprint density at radius 1 is 1.43 bits per heavy atom. The lowest BCUT2D eigenvalue weighted by Gasteiger charge is -2.19. The van der Waals surface area contributed by atoms with Crippen molar-refractivity contribution in [1.29, 1.82) is 0 Å². The largest absolute Gasteiger partial charge is 0.376 e. The Labute approximate surface area is 171 Å². The Balaban J connectivity index is 1.51. The molecule has 1 aliphatic heterocycles. The second kappa shape index (κ2) is 7.17. The fraction of sp³-hybridized carbons (Fsp3) is 0.333. The third-order valence-electron chi connectivity index (χ3n) is 5.56. The first-order chi connectivity index (χ1) is 14.5. The number of carbonyl (C=O) groups excluding carboxylic acids is 1. The third-order valence-corrected chi connectivity index (χ3v) is 5.56. The minimum atomic E-state index is -0.330. The van der Waals surface area contributed by atoms with Gasteiger partial charge in [0, 0.05) is 25.2 Å². The summed E-state index contributed by atoms with van der Waals surface area (Å²) in [5, 5.41) is 8.26. The number of fused-ring (bicyclic) bond motifs is 2. The van der Waals surface area contributed by atoms with Crippen molar-refractivity contribution in [2.75, 3.05) is 6.61 Å². The van der Waals surface area contributed by atoms with Crippen molar-refractivity contribution in [3.8, 4) is 11.4 Å². The molecule has 154 valence electrons. The van der Waals surface area contributed by atoms with Gasteiger partial charge in [-0.1, -0.05) is 0 Å². The SMILES string of the molecule is CC(NC(=O)c1c[nH]c2ncc(-c3nn(C)c4cc(F)ccc34)nc12)C1CCCO1. The number of nitrogens with zero attached hydrogens (tertiary/aromatic N) is 4. The maximum absolute atomic E-state index is 13.6. The van der Waals surface area contributed by atoms with Crippen LogP contribution in [0, 0.1) is 5.82 Å². The molecule has 4 aromatic rings. The van der Waals surface area contributed by atoms with Crippen LogP contribution < -0.4 is 5.32 Å². The number of nitrogens with one attached hydrogen (secondary N) is 2. The van der Waals surface area contributed by atoms with E-state index < -0.39 is 0 Å². The lowest BCUT2D eigenvalue weighted by atomic mass is 10.1. The molecule has 0 bridgehead atoms. The van der Waals surface area contributed by atoms with Gasteiger partial charge in [0.05, 0.1) is 29.4 Å². The minimum absolute atomic E-state index is 0.0288. The van der Waals surface area contributed by atoms with Crippen LogP contribution in [0.1, 0.15) is 30.1 Å². The topological polar surface area (TPSA) is 97.7 Å². The fourth-order valence-electron chi connectivity index (χ4n) is 3.97. The summed E-state index contributed by atoms with van der Waals surface area (Å²) < 4.78 is 20.9. The lowest BCUT2D eigenvalue weighted by molar-refractivity contribution is 0.0713. The van der Waals surface area contributed by atoms with Gasteiger partial charge >= 0.3 is 0 Å². The molecule has 1 aliphatic rings. The van der Waals surface area contributed by atoms with E-state index in [1.807, 2.05) is 6.92 Å². The van der Waals surface area contributed by atoms with Crippen LogP contribution in [0.4, 0.5) is 4.39 Å². The first kappa shape index (κ1) is 18.7. The molecule has 9 heteroatoms. The summed E-state index contributed by atoms with van der Waals surface area (Å²) in [7, 11) is 1.75. The van der Waals surface area contributed by atoms with Crippen molar-refractivity contribution in [2.24, 2.45) is 7.05 Å². The van der Waals surface area contributed by atoms with Crippen LogP contribution in [0.15, 0.2) is 30.6 Å². The number of aromatic nitrogens is 5. The van der Waals surface area contributed by atoms with Gasteiger partial charge in [-0.05, 0) is 38.0 Å². The number of H-pyrrole nitrogens is 1. The molecule has 0 saturated carbocycles. The van der Waals surface area contributed by atoms with Crippen LogP contribution in [0.5, 0.6) is 0 Å². The molecule has 2 unspecified atom stereocenters. The highest BCUT2D eigenvalue weighted by molar-refractivity contribution is 6.05. The molecule has 30 heavy (non-hydrogen) atoms. The quantitative estimate of drug-likeness (QED) is 0.541. The molecule has 1 amide bonds. The maximum Gasteiger partial charge on any atom is 0.255 e. The number of amides is 1. The molecule has 4 heterocycles. The molecular formula is C21H21FN6O2. The summed E-state index contributed by atoms with van der Waals surface area (Å²) >= 11 is 0. The highest BCUT2D eigenvalue weighted by Crippen LogP contribution is 2.28. The van der Waals surface area contributed by atoms with Crippen LogP contribution in [0.3, 0.4) is 0 Å². The predicted molar refractivity (Wildman–Crippen MR) is 109 cm³/mol. The van der Waals surface area contributed by atoms with Gasteiger partial charge in [0.15, 0.2) is 5.65 Å². The average molecular weight is 408 g/mol. The lowest BCUT2D eigenvalue weighted by Crippen LogP contribution is -2.40. The van der Waals surface area contributed by atoms with Crippen LogP contribution in [0.25, 0.3) is 33.5 Å². The second-order valence-electron chi connectivity index (χ2n) is 7.60. The van der Waals surface area contributed by atoms with Gasteiger partial charge in [0.2, 0.25) is 0 Å². The molecular weight excluding hydrogens is 387 g/mol. The van der Waals surface area contributed by atoms with E-state index >= 15 is 0 Å². The number of hydrogen-bond acceptors (Lipinski definition) is 5. The summed E-state index contributed by atoms with van der Waals surface area (Å²) in [6.07, 6.45) is 5.18. The second-order valence-corrected chi connectivity index (χ2v) is 7.60. The highest BCUT2D eigenvalue weighted by atomic mass is 19.1. The van der Waals surface area contributed by atoms with Gasteiger partial charge in [0.1, 0.15) is 22.7 Å². The van der Waals surface area contributed by atoms with Crippen molar-refractivity contribution in [1.82, 2.24) is 30.0 Å². The summed E-state index contributed by atoms with van der Waals surface area (Å²) in [5.74, 6) is -0.563. The van der Waals surface area contributed by atoms with Crippen molar-refractivity contribution in [3.05, 3.63) is 42.0 Å². The van der Waals surface area contributed by atoms with E-state index in [-0.39, 0.29) is 23.9 Å². The van der Waals surface area contributed by atoms with Crippen LogP contribution in [-0.2, 0) is 11.8 Å². The molecule has 2 atom stereocenters. The van der Waals surface area contributed by atoms with E-state index in [1.165, 1.54) is 12.1 Å². The first-order valence-corrected chi connectivity index (χ1v) is 9.90. The molecule has 0 aliphatic carbocycles. The number of hydrogen-bond donors (Lipinski definition) is 2. The molecule has 0 spiro atoms. The van der Waals surface area contributed by atoms with Crippen molar-refractivity contribution in [2.45, 2.75) is 31.9 Å². The van der Waals surface area contributed by atoms with E-state index in [4.69, 9.17) is 4.74 Å². The summed E-state index contributed by atoms with van der Waals surface area (Å²) in [4.78, 5) is 24.9. The Hall–Kier alpha value is -3.33. The average Bonchev–Trinajstić information content (AvgIpc) is 3.46. The molecule has 1 aromatic carbocycles. The Morgan fingerprint density at radius 3 is 3.10 bits per heavy atom. The number of aryl methyl sites for hydroxylation is 1. The van der Waals surface area contributed by atoms with Gasteiger partial charge in [0.25, 0.3) is 5.91 Å². The molecule has 8 nitrogen and oxygen atoms in total. The van der Waals surface area contributed by atoms with Crippen molar-refractivity contribution in [3.63, 3.8) is 0 Å². The number of ether oxygens (including phenoxy) is 1. The van der Waals surface area contributed by atoms with Crippen molar-refractivity contribution < 1.29 is 13.9 Å².